The van der Waals surface area contributed by atoms with Gasteiger partial charge in [-0.2, -0.15) is 0 Å². The SMILES string of the molecule is CC(C)NCC1=NC(C(=O)O)=CS1(=O)=O. The van der Waals surface area contributed by atoms with Crippen molar-refractivity contribution in [3.8, 4) is 0 Å². The fraction of sp³-hybridized carbons (Fsp3) is 0.500. The van der Waals surface area contributed by atoms with Crippen LogP contribution in [0.5, 0.6) is 0 Å². The molecule has 0 saturated carbocycles. The third-order valence-electron chi connectivity index (χ3n) is 1.72. The number of aliphatic carboxylic acids is 1. The number of sulfone groups is 1. The molecule has 7 heteroatoms. The fourth-order valence-electron chi connectivity index (χ4n) is 0.969. The van der Waals surface area contributed by atoms with E-state index < -0.39 is 21.5 Å². The van der Waals surface area contributed by atoms with E-state index >= 15 is 0 Å². The number of nitrogens with one attached hydrogen (secondary N) is 1. The van der Waals surface area contributed by atoms with Crippen molar-refractivity contribution in [3.63, 3.8) is 0 Å². The van der Waals surface area contributed by atoms with Gasteiger partial charge in [0.15, 0.2) is 10.7 Å². The van der Waals surface area contributed by atoms with Crippen molar-refractivity contribution >= 4 is 20.9 Å². The zero-order chi connectivity index (χ0) is 11.6. The van der Waals surface area contributed by atoms with Crippen LogP contribution >= 0.6 is 0 Å². The Labute approximate surface area is 87.6 Å². The van der Waals surface area contributed by atoms with E-state index in [2.05, 4.69) is 10.3 Å². The molecule has 0 saturated heterocycles. The third kappa shape index (κ3) is 2.87. The topological polar surface area (TPSA) is 95.8 Å². The zero-order valence-electron chi connectivity index (χ0n) is 8.39. The second-order valence-corrected chi connectivity index (χ2v) is 5.19. The molecular formula is C8H12N2O4S. The Kier molecular flexibility index (Phi) is 3.25. The number of carboxylic acids is 1. The third-order valence-corrected chi connectivity index (χ3v) is 3.15. The monoisotopic (exact) mass is 232 g/mol. The molecule has 0 spiro atoms. The van der Waals surface area contributed by atoms with Gasteiger partial charge in [-0.25, -0.2) is 18.2 Å². The zero-order valence-corrected chi connectivity index (χ0v) is 9.21. The molecule has 2 N–H and O–H groups in total. The summed E-state index contributed by atoms with van der Waals surface area (Å²) in [7, 11) is -3.63. The van der Waals surface area contributed by atoms with E-state index in [0.717, 1.165) is 0 Å². The van der Waals surface area contributed by atoms with E-state index in [1.54, 1.807) is 0 Å². The van der Waals surface area contributed by atoms with Crippen LogP contribution in [-0.2, 0) is 14.6 Å². The first kappa shape index (κ1) is 11.9. The Morgan fingerprint density at radius 3 is 2.60 bits per heavy atom. The van der Waals surface area contributed by atoms with Crippen LogP contribution < -0.4 is 5.32 Å². The van der Waals surface area contributed by atoms with Crippen LogP contribution in [0.4, 0.5) is 0 Å². The summed E-state index contributed by atoms with van der Waals surface area (Å²) in [6.07, 6.45) is 0. The van der Waals surface area contributed by atoms with Crippen molar-refractivity contribution in [1.29, 1.82) is 0 Å². The van der Waals surface area contributed by atoms with Crippen molar-refractivity contribution in [2.75, 3.05) is 6.54 Å². The molecule has 0 unspecified atom stereocenters. The molecule has 0 atom stereocenters. The van der Waals surface area contributed by atoms with Gasteiger partial charge in [0.05, 0.1) is 5.41 Å². The lowest BCUT2D eigenvalue weighted by molar-refractivity contribution is -0.132. The highest BCUT2D eigenvalue weighted by Gasteiger charge is 2.27. The smallest absolute Gasteiger partial charge is 0.355 e. The van der Waals surface area contributed by atoms with Crippen molar-refractivity contribution in [3.05, 3.63) is 11.1 Å². The predicted octanol–water partition coefficient (Wildman–Crippen LogP) is -0.263. The highest BCUT2D eigenvalue weighted by atomic mass is 32.2. The Hall–Kier alpha value is -1.21. The maximum Gasteiger partial charge on any atom is 0.355 e. The van der Waals surface area contributed by atoms with Crippen LogP contribution in [0.15, 0.2) is 16.1 Å². The molecule has 15 heavy (non-hydrogen) atoms. The highest BCUT2D eigenvalue weighted by molar-refractivity contribution is 8.09. The van der Waals surface area contributed by atoms with Gasteiger partial charge in [-0.3, -0.25) is 0 Å². The van der Waals surface area contributed by atoms with Crippen molar-refractivity contribution in [2.24, 2.45) is 4.99 Å². The molecule has 0 bridgehead atoms. The molecule has 84 valence electrons. The van der Waals surface area contributed by atoms with E-state index in [9.17, 15) is 13.2 Å². The second kappa shape index (κ2) is 4.11. The van der Waals surface area contributed by atoms with Crippen LogP contribution in [0.25, 0.3) is 0 Å². The fourth-order valence-corrected chi connectivity index (χ4v) is 2.06. The van der Waals surface area contributed by atoms with Crippen LogP contribution in [0.2, 0.25) is 0 Å². The van der Waals surface area contributed by atoms with Crippen molar-refractivity contribution < 1.29 is 18.3 Å². The molecule has 0 amide bonds. The van der Waals surface area contributed by atoms with E-state index in [-0.39, 0.29) is 17.6 Å². The lowest BCUT2D eigenvalue weighted by atomic mass is 10.4. The summed E-state index contributed by atoms with van der Waals surface area (Å²) < 4.78 is 22.8. The van der Waals surface area contributed by atoms with Gasteiger partial charge < -0.3 is 10.4 Å². The molecule has 6 nitrogen and oxygen atoms in total. The van der Waals surface area contributed by atoms with Crippen molar-refractivity contribution in [2.45, 2.75) is 19.9 Å². The predicted molar refractivity (Wildman–Crippen MR) is 55.2 cm³/mol. The standard InChI is InChI=1S/C8H12N2O4S/c1-5(2)9-3-7-10-6(8(11)12)4-15(7,13)14/h4-5,9H,3H2,1-2H3,(H,11,12). The highest BCUT2D eigenvalue weighted by Crippen LogP contribution is 2.14. The van der Waals surface area contributed by atoms with Gasteiger partial charge in [0.1, 0.15) is 0 Å². The Bertz CT molecular complexity index is 434. The molecule has 0 fully saturated rings. The van der Waals surface area contributed by atoms with Gasteiger partial charge in [-0.1, -0.05) is 13.8 Å². The number of hydrogen-bond acceptors (Lipinski definition) is 5. The summed E-state index contributed by atoms with van der Waals surface area (Å²) >= 11 is 0. The van der Waals surface area contributed by atoms with Crippen LogP contribution in [0.3, 0.4) is 0 Å². The minimum Gasteiger partial charge on any atom is -0.476 e. The molecule has 1 aliphatic heterocycles. The summed E-state index contributed by atoms with van der Waals surface area (Å²) in [5.74, 6) is -1.34. The minimum absolute atomic E-state index is 0.0489. The van der Waals surface area contributed by atoms with Crippen LogP contribution in [0, 0.1) is 0 Å². The maximum absolute atomic E-state index is 11.4. The number of carboxylic acid groups (broad SMARTS) is 1. The Balaban J connectivity index is 2.85. The lowest BCUT2D eigenvalue weighted by Gasteiger charge is -2.06. The summed E-state index contributed by atoms with van der Waals surface area (Å²) in [5, 5.41) is 12.0. The molecule has 0 aromatic rings. The molecule has 0 radical (unpaired) electrons. The van der Waals surface area contributed by atoms with Crippen molar-refractivity contribution in [1.82, 2.24) is 5.32 Å². The molecule has 0 aromatic heterocycles. The van der Waals surface area contributed by atoms with Gasteiger partial charge in [0, 0.05) is 12.6 Å². The molecule has 0 aromatic carbocycles. The first-order chi connectivity index (χ1) is 6.83. The summed E-state index contributed by atoms with van der Waals surface area (Å²) in [6, 6.07) is 0.108. The van der Waals surface area contributed by atoms with Gasteiger partial charge in [0.25, 0.3) is 0 Å². The molecule has 1 heterocycles. The Morgan fingerprint density at radius 1 is 1.60 bits per heavy atom. The first-order valence-corrected chi connectivity index (χ1v) is 5.88. The second-order valence-electron chi connectivity index (χ2n) is 3.39. The van der Waals surface area contributed by atoms with Gasteiger partial charge in [-0.15, -0.1) is 0 Å². The van der Waals surface area contributed by atoms with Crippen LogP contribution in [0.1, 0.15) is 13.8 Å². The largest absolute Gasteiger partial charge is 0.476 e. The van der Waals surface area contributed by atoms with E-state index in [1.165, 1.54) is 0 Å². The van der Waals surface area contributed by atoms with Crippen LogP contribution in [-0.4, -0.2) is 37.1 Å². The minimum atomic E-state index is -3.63. The normalized spacial score (nSPS) is 18.9. The van der Waals surface area contributed by atoms with E-state index in [0.29, 0.717) is 5.41 Å². The lowest BCUT2D eigenvalue weighted by Crippen LogP contribution is -2.31. The summed E-state index contributed by atoms with van der Waals surface area (Å²) in [4.78, 5) is 14.1. The average Bonchev–Trinajstić information content (AvgIpc) is 2.37. The summed E-state index contributed by atoms with van der Waals surface area (Å²) in [5.41, 5.74) is -0.435. The number of carbonyl (C=O) groups is 1. The van der Waals surface area contributed by atoms with Gasteiger partial charge >= 0.3 is 5.97 Å². The number of rotatable bonds is 4. The Morgan fingerprint density at radius 2 is 2.20 bits per heavy atom. The number of nitrogens with zero attached hydrogens (tertiary/aromatic N) is 1. The maximum atomic E-state index is 11.4. The van der Waals surface area contributed by atoms with Gasteiger partial charge in [-0.05, 0) is 0 Å². The quantitative estimate of drug-likeness (QED) is 0.696. The first-order valence-electron chi connectivity index (χ1n) is 4.34. The molecule has 1 aliphatic rings. The van der Waals surface area contributed by atoms with E-state index in [1.807, 2.05) is 13.8 Å². The molecule has 1 rings (SSSR count). The summed E-state index contributed by atoms with van der Waals surface area (Å²) in [6.45, 7) is 3.76. The molecule has 0 aliphatic carbocycles. The van der Waals surface area contributed by atoms with Gasteiger partial charge in [0.2, 0.25) is 9.84 Å². The number of hydrogen-bond donors (Lipinski definition) is 2. The molecular weight excluding hydrogens is 220 g/mol. The van der Waals surface area contributed by atoms with E-state index in [4.69, 9.17) is 5.11 Å². The average molecular weight is 232 g/mol. The number of aliphatic imine (C=N–C) groups is 1.